The Morgan fingerprint density at radius 1 is 0.667 bits per heavy atom. The van der Waals surface area contributed by atoms with Crippen molar-refractivity contribution in [1.82, 2.24) is 0 Å². The Labute approximate surface area is 156 Å². The van der Waals surface area contributed by atoms with Crippen molar-refractivity contribution in [3.8, 4) is 0 Å². The number of aliphatic hydroxyl groups excluding tert-OH is 1. The molecule has 0 rings (SSSR count). The lowest BCUT2D eigenvalue weighted by Crippen LogP contribution is -2.55. The Hall–Kier alpha value is -3.20. The quantitative estimate of drug-likeness (QED) is 0.358. The zero-order valence-electron chi connectivity index (χ0n) is 15.6. The maximum absolute atomic E-state index is 12.0. The normalized spacial score (nSPS) is 11.4. The smallest absolute Gasteiger partial charge is 0.419 e. The molecule has 0 saturated heterocycles. The number of aliphatic hydroxyl groups is 1. The van der Waals surface area contributed by atoms with E-state index in [1.807, 2.05) is 0 Å². The van der Waals surface area contributed by atoms with E-state index in [4.69, 9.17) is 14.2 Å². The van der Waals surface area contributed by atoms with Gasteiger partial charge in [-0.1, -0.05) is 26.3 Å². The molecule has 0 aliphatic heterocycles. The molecular weight excluding hydrogens is 360 g/mol. The molecule has 0 aromatic rings. The number of hydrogen-bond acceptors (Lipinski definition) is 9. The van der Waals surface area contributed by atoms with Crippen molar-refractivity contribution in [2.24, 2.45) is 0 Å². The molecule has 0 aliphatic rings. The van der Waals surface area contributed by atoms with Crippen LogP contribution in [0.5, 0.6) is 0 Å². The second kappa shape index (κ2) is 9.48. The first-order chi connectivity index (χ1) is 12.2. The topological polar surface area (TPSA) is 125 Å². The van der Waals surface area contributed by atoms with Crippen LogP contribution in [0.25, 0.3) is 0 Å². The predicted octanol–water partition coefficient (Wildman–Crippen LogP) is 1.44. The molecule has 0 amide bonds. The third-order valence-electron chi connectivity index (χ3n) is 2.62. The zero-order chi connectivity index (χ0) is 21.5. The highest BCUT2D eigenvalue weighted by atomic mass is 16.9. The Morgan fingerprint density at radius 2 is 0.926 bits per heavy atom. The molecule has 0 fully saturated rings. The highest BCUT2D eigenvalue weighted by molar-refractivity contribution is 5.91. The van der Waals surface area contributed by atoms with Gasteiger partial charge in [-0.15, -0.1) is 0 Å². The van der Waals surface area contributed by atoms with Gasteiger partial charge < -0.3 is 24.1 Å². The van der Waals surface area contributed by atoms with E-state index < -0.39 is 36.1 Å². The fraction of sp³-hybridized carbons (Fsp3) is 0.333. The molecule has 0 aliphatic carbocycles. The van der Waals surface area contributed by atoms with E-state index in [9.17, 15) is 24.3 Å². The Kier molecular flexibility index (Phi) is 8.36. The summed E-state index contributed by atoms with van der Waals surface area (Å²) < 4.78 is 19.1. The summed E-state index contributed by atoms with van der Waals surface area (Å²) in [5.74, 6) is -7.97. The summed E-state index contributed by atoms with van der Waals surface area (Å²) in [5, 5.41) is 10.3. The predicted molar refractivity (Wildman–Crippen MR) is 92.4 cm³/mol. The minimum atomic E-state index is -3.17. The van der Waals surface area contributed by atoms with Crippen LogP contribution in [0.3, 0.4) is 0 Å². The van der Waals surface area contributed by atoms with Gasteiger partial charge in [-0.2, -0.15) is 0 Å². The summed E-state index contributed by atoms with van der Waals surface area (Å²) in [5.41, 5.74) is -0.742. The fourth-order valence-electron chi connectivity index (χ4n) is 1.14. The second-order valence-electron chi connectivity index (χ2n) is 5.65. The fourth-order valence-corrected chi connectivity index (χ4v) is 1.14. The Bertz CT molecular complexity index is 645. The molecule has 9 heteroatoms. The summed E-state index contributed by atoms with van der Waals surface area (Å²) in [6, 6.07) is 0. The summed E-state index contributed by atoms with van der Waals surface area (Å²) >= 11 is 0. The highest BCUT2D eigenvalue weighted by Crippen LogP contribution is 2.26. The number of carbonyl (C=O) groups is 4. The molecule has 148 valence electrons. The monoisotopic (exact) mass is 382 g/mol. The van der Waals surface area contributed by atoms with Crippen molar-refractivity contribution < 1.29 is 43.2 Å². The molecule has 0 heterocycles. The van der Waals surface area contributed by atoms with E-state index in [2.05, 4.69) is 31.1 Å². The van der Waals surface area contributed by atoms with Gasteiger partial charge in [-0.25, -0.2) is 19.2 Å². The van der Waals surface area contributed by atoms with Crippen LogP contribution in [0.4, 0.5) is 0 Å². The van der Waals surface area contributed by atoms with Gasteiger partial charge in [0.2, 0.25) is 0 Å². The number of esters is 4. The van der Waals surface area contributed by atoms with Crippen molar-refractivity contribution in [2.45, 2.75) is 40.0 Å². The van der Waals surface area contributed by atoms with Crippen LogP contribution < -0.4 is 0 Å². The summed E-state index contributed by atoms with van der Waals surface area (Å²) in [7, 11) is 0. The number of carbonyl (C=O) groups excluding carboxylic acids is 4. The van der Waals surface area contributed by atoms with Crippen molar-refractivity contribution >= 4 is 23.9 Å². The van der Waals surface area contributed by atoms with Crippen molar-refractivity contribution in [1.29, 1.82) is 0 Å². The van der Waals surface area contributed by atoms with Crippen LogP contribution in [0.15, 0.2) is 48.6 Å². The van der Waals surface area contributed by atoms with Gasteiger partial charge in [0.25, 0.3) is 0 Å². The SMILES string of the molecule is C=C(C)C(=O)OC(O)C(OC(=O)C(=C)C)(OC(=O)C(=C)C)OC(=O)C(=C)C. The van der Waals surface area contributed by atoms with E-state index in [0.29, 0.717) is 0 Å². The largest absolute Gasteiger partial charge is 0.491 e. The van der Waals surface area contributed by atoms with Crippen LogP contribution in [-0.4, -0.2) is 41.2 Å². The molecule has 0 aromatic carbocycles. The molecule has 1 N–H and O–H groups in total. The van der Waals surface area contributed by atoms with Crippen LogP contribution in [0.2, 0.25) is 0 Å². The standard InChI is InChI=1S/C18H22O9/c1-9(2)13(19)24-17(23)18(25-14(20)10(3)4,26-15(21)11(5)6)27-16(22)12(7)8/h17,23H,1,3,5,7H2,2,4,6,8H3. The van der Waals surface area contributed by atoms with Gasteiger partial charge >= 0.3 is 36.1 Å². The molecule has 0 saturated carbocycles. The lowest BCUT2D eigenvalue weighted by Gasteiger charge is -2.33. The molecule has 0 aromatic heterocycles. The van der Waals surface area contributed by atoms with Crippen molar-refractivity contribution in [2.75, 3.05) is 0 Å². The molecule has 1 atom stereocenters. The number of hydrogen-bond donors (Lipinski definition) is 1. The van der Waals surface area contributed by atoms with E-state index in [1.165, 1.54) is 27.7 Å². The van der Waals surface area contributed by atoms with Crippen LogP contribution in [0.1, 0.15) is 27.7 Å². The van der Waals surface area contributed by atoms with Crippen LogP contribution >= 0.6 is 0 Å². The van der Waals surface area contributed by atoms with Gasteiger partial charge in [0.15, 0.2) is 0 Å². The molecule has 0 bridgehead atoms. The third kappa shape index (κ3) is 6.90. The average molecular weight is 382 g/mol. The maximum Gasteiger partial charge on any atom is 0.491 e. The first kappa shape index (κ1) is 23.8. The maximum atomic E-state index is 12.0. The average Bonchev–Trinajstić information content (AvgIpc) is 2.53. The van der Waals surface area contributed by atoms with Gasteiger partial charge in [0, 0.05) is 22.3 Å². The van der Waals surface area contributed by atoms with Crippen LogP contribution in [0, 0.1) is 0 Å². The molecule has 9 nitrogen and oxygen atoms in total. The lowest BCUT2D eigenvalue weighted by atomic mass is 10.3. The van der Waals surface area contributed by atoms with E-state index >= 15 is 0 Å². The minimum absolute atomic E-state index is 0.147. The first-order valence-electron chi connectivity index (χ1n) is 7.44. The van der Waals surface area contributed by atoms with Gasteiger partial charge in [0.05, 0.1) is 0 Å². The lowest BCUT2D eigenvalue weighted by molar-refractivity contribution is -0.395. The van der Waals surface area contributed by atoms with Crippen molar-refractivity contribution in [3.63, 3.8) is 0 Å². The van der Waals surface area contributed by atoms with E-state index in [0.717, 1.165) is 0 Å². The molecular formula is C18H22O9. The van der Waals surface area contributed by atoms with Crippen LogP contribution in [-0.2, 0) is 38.1 Å². The van der Waals surface area contributed by atoms with Gasteiger partial charge in [0.1, 0.15) is 0 Å². The van der Waals surface area contributed by atoms with Crippen molar-refractivity contribution in [3.05, 3.63) is 48.6 Å². The number of rotatable bonds is 9. The molecule has 0 spiro atoms. The molecule has 1 unspecified atom stereocenters. The molecule has 0 radical (unpaired) electrons. The first-order valence-corrected chi connectivity index (χ1v) is 7.44. The van der Waals surface area contributed by atoms with Gasteiger partial charge in [-0.05, 0) is 27.7 Å². The third-order valence-corrected chi connectivity index (χ3v) is 2.62. The van der Waals surface area contributed by atoms with E-state index in [-0.39, 0.29) is 22.3 Å². The minimum Gasteiger partial charge on any atom is -0.419 e. The van der Waals surface area contributed by atoms with Gasteiger partial charge in [-0.3, -0.25) is 0 Å². The summed E-state index contributed by atoms with van der Waals surface area (Å²) in [6.07, 6.45) is -2.56. The highest BCUT2D eigenvalue weighted by Gasteiger charge is 2.54. The van der Waals surface area contributed by atoms with E-state index in [1.54, 1.807) is 0 Å². The zero-order valence-corrected chi connectivity index (χ0v) is 15.6. The second-order valence-corrected chi connectivity index (χ2v) is 5.65. The molecule has 27 heavy (non-hydrogen) atoms. The summed E-state index contributed by atoms with van der Waals surface area (Å²) in [4.78, 5) is 47.6. The number of ether oxygens (including phenoxy) is 4. The summed E-state index contributed by atoms with van der Waals surface area (Å²) in [6.45, 7) is 18.2. The Morgan fingerprint density at radius 3 is 1.15 bits per heavy atom. The Balaban J connectivity index is 6.23.